The van der Waals surface area contributed by atoms with Gasteiger partial charge < -0.3 is 9.59 Å². The van der Waals surface area contributed by atoms with Gasteiger partial charge in [-0.25, -0.2) is 4.79 Å². The number of carboxylic acid groups (broad SMARTS) is 1. The number of carbonyl (C=O) groups is 1. The first-order valence-corrected chi connectivity index (χ1v) is 6.97. The number of aromatic nitrogens is 1. The summed E-state index contributed by atoms with van der Waals surface area (Å²) in [5.74, 6) is -0.942. The summed E-state index contributed by atoms with van der Waals surface area (Å²) in [5.41, 5.74) is 0.220. The van der Waals surface area contributed by atoms with Crippen LogP contribution in [0.5, 0.6) is 0 Å². The molecule has 0 atom stereocenters. The quantitative estimate of drug-likeness (QED) is 0.562. The van der Waals surface area contributed by atoms with Crippen LogP contribution in [0.1, 0.15) is 10.4 Å². The standard InChI is InChI=1S/C12H20N.C6H5NO2/c1-5-9-13(10-6-2,11-7-3)12-8-4;8-6(9)5-2-1-3-7-4-5/h5-8H,1-4,9-12H2;1-4H,(H,8,9)/q+1;. The molecule has 0 amide bonds. The van der Waals surface area contributed by atoms with Crippen LogP contribution in [0.25, 0.3) is 0 Å². The number of hydrogen-bond acceptors (Lipinski definition) is 2. The van der Waals surface area contributed by atoms with Crippen LogP contribution in [0.15, 0.2) is 75.1 Å². The Morgan fingerprint density at radius 2 is 1.50 bits per heavy atom. The van der Waals surface area contributed by atoms with Crippen molar-refractivity contribution < 1.29 is 14.4 Å². The number of hydrogen-bond donors (Lipinski definition) is 1. The summed E-state index contributed by atoms with van der Waals surface area (Å²) in [5, 5.41) is 8.34. The first-order chi connectivity index (χ1) is 10.5. The van der Waals surface area contributed by atoms with Gasteiger partial charge in [-0.2, -0.15) is 0 Å². The molecule has 1 aromatic rings. The predicted molar refractivity (Wildman–Crippen MR) is 91.7 cm³/mol. The van der Waals surface area contributed by atoms with E-state index in [0.29, 0.717) is 0 Å². The van der Waals surface area contributed by atoms with Crippen LogP contribution in [0.3, 0.4) is 0 Å². The van der Waals surface area contributed by atoms with E-state index in [9.17, 15) is 4.79 Å². The zero-order valence-electron chi connectivity index (χ0n) is 13.0. The van der Waals surface area contributed by atoms with Gasteiger partial charge in [0.15, 0.2) is 0 Å². The average Bonchev–Trinajstić information content (AvgIpc) is 2.50. The fourth-order valence-corrected chi connectivity index (χ4v) is 2.03. The third-order valence-corrected chi connectivity index (χ3v) is 2.97. The van der Waals surface area contributed by atoms with Gasteiger partial charge >= 0.3 is 5.97 Å². The summed E-state index contributed by atoms with van der Waals surface area (Å²) in [4.78, 5) is 13.8. The van der Waals surface area contributed by atoms with Gasteiger partial charge in [-0.15, -0.1) is 0 Å². The Hall–Kier alpha value is -2.46. The minimum atomic E-state index is -0.942. The molecule has 0 unspecified atom stereocenters. The number of rotatable bonds is 9. The van der Waals surface area contributed by atoms with Gasteiger partial charge in [-0.3, -0.25) is 4.98 Å². The van der Waals surface area contributed by atoms with Crippen LogP contribution in [0.4, 0.5) is 0 Å². The van der Waals surface area contributed by atoms with Gasteiger partial charge in [0.2, 0.25) is 0 Å². The molecule has 0 bridgehead atoms. The van der Waals surface area contributed by atoms with Crippen molar-refractivity contribution in [2.75, 3.05) is 26.2 Å². The van der Waals surface area contributed by atoms with Crippen molar-refractivity contribution in [3.8, 4) is 0 Å². The normalized spacial score (nSPS) is 9.82. The average molecular weight is 301 g/mol. The van der Waals surface area contributed by atoms with Crippen LogP contribution in [0, 0.1) is 0 Å². The second-order valence-corrected chi connectivity index (χ2v) is 4.77. The molecule has 0 aliphatic rings. The van der Waals surface area contributed by atoms with E-state index in [1.54, 1.807) is 6.07 Å². The molecule has 0 fully saturated rings. The highest BCUT2D eigenvalue weighted by Gasteiger charge is 2.20. The van der Waals surface area contributed by atoms with Crippen LogP contribution >= 0.6 is 0 Å². The Morgan fingerprint density at radius 3 is 1.73 bits per heavy atom. The lowest BCUT2D eigenvalue weighted by Crippen LogP contribution is -2.48. The SMILES string of the molecule is C=CC[N+](CC=C)(CC=C)CC=C.O=C(O)c1cccnc1. The first kappa shape index (κ1) is 19.5. The smallest absolute Gasteiger partial charge is 0.337 e. The van der Waals surface area contributed by atoms with E-state index < -0.39 is 5.97 Å². The number of nitrogens with zero attached hydrogens (tertiary/aromatic N) is 2. The summed E-state index contributed by atoms with van der Waals surface area (Å²) >= 11 is 0. The predicted octanol–water partition coefficient (Wildman–Crippen LogP) is 3.33. The molecule has 118 valence electrons. The van der Waals surface area contributed by atoms with Crippen molar-refractivity contribution in [2.24, 2.45) is 0 Å². The Kier molecular flexibility index (Phi) is 9.97. The number of carboxylic acids is 1. The largest absolute Gasteiger partial charge is 0.478 e. The maximum absolute atomic E-state index is 10.2. The van der Waals surface area contributed by atoms with Gasteiger partial charge in [0.25, 0.3) is 0 Å². The highest BCUT2D eigenvalue weighted by Crippen LogP contribution is 2.07. The van der Waals surface area contributed by atoms with Crippen molar-refractivity contribution in [3.05, 3.63) is 80.7 Å². The lowest BCUT2D eigenvalue weighted by molar-refractivity contribution is -0.906. The Bertz CT molecular complexity index is 450. The van der Waals surface area contributed by atoms with E-state index in [2.05, 4.69) is 31.3 Å². The Morgan fingerprint density at radius 1 is 1.05 bits per heavy atom. The van der Waals surface area contributed by atoms with Crippen LogP contribution in [-0.4, -0.2) is 46.7 Å². The molecule has 4 heteroatoms. The van der Waals surface area contributed by atoms with E-state index in [1.165, 1.54) is 18.5 Å². The Balaban J connectivity index is 0.000000425. The van der Waals surface area contributed by atoms with E-state index in [0.717, 1.165) is 30.7 Å². The molecule has 0 aliphatic heterocycles. The third-order valence-electron chi connectivity index (χ3n) is 2.97. The summed E-state index contributed by atoms with van der Waals surface area (Å²) in [6.07, 6.45) is 10.6. The fourth-order valence-electron chi connectivity index (χ4n) is 2.03. The second-order valence-electron chi connectivity index (χ2n) is 4.77. The molecule has 1 rings (SSSR count). The molecule has 0 radical (unpaired) electrons. The molecule has 0 aliphatic carbocycles. The molecule has 1 heterocycles. The minimum absolute atomic E-state index is 0.220. The maximum Gasteiger partial charge on any atom is 0.337 e. The maximum atomic E-state index is 10.2. The summed E-state index contributed by atoms with van der Waals surface area (Å²) in [7, 11) is 0. The van der Waals surface area contributed by atoms with Crippen LogP contribution in [0.2, 0.25) is 0 Å². The van der Waals surface area contributed by atoms with Crippen LogP contribution < -0.4 is 0 Å². The van der Waals surface area contributed by atoms with E-state index in [-0.39, 0.29) is 5.56 Å². The summed E-state index contributed by atoms with van der Waals surface area (Å²) in [6, 6.07) is 3.08. The lowest BCUT2D eigenvalue weighted by atomic mass is 10.3. The number of pyridine rings is 1. The van der Waals surface area contributed by atoms with Gasteiger partial charge in [-0.1, -0.05) is 26.3 Å². The zero-order valence-corrected chi connectivity index (χ0v) is 13.0. The molecule has 4 nitrogen and oxygen atoms in total. The van der Waals surface area contributed by atoms with Gasteiger partial charge in [0.1, 0.15) is 0 Å². The molecule has 1 aromatic heterocycles. The number of quaternary nitrogens is 1. The highest BCUT2D eigenvalue weighted by molar-refractivity contribution is 5.86. The zero-order chi connectivity index (χ0) is 16.8. The van der Waals surface area contributed by atoms with E-state index >= 15 is 0 Å². The molecule has 0 saturated heterocycles. The molecule has 1 N–H and O–H groups in total. The van der Waals surface area contributed by atoms with Crippen molar-refractivity contribution in [1.29, 1.82) is 0 Å². The van der Waals surface area contributed by atoms with Crippen LogP contribution in [-0.2, 0) is 0 Å². The number of aromatic carboxylic acids is 1. The van der Waals surface area contributed by atoms with Gasteiger partial charge in [0.05, 0.1) is 31.7 Å². The fraction of sp³-hybridized carbons (Fsp3) is 0.222. The van der Waals surface area contributed by atoms with Crippen molar-refractivity contribution in [3.63, 3.8) is 0 Å². The van der Waals surface area contributed by atoms with Gasteiger partial charge in [0, 0.05) is 12.4 Å². The molecule has 0 aromatic carbocycles. The summed E-state index contributed by atoms with van der Waals surface area (Å²) in [6.45, 7) is 18.8. The minimum Gasteiger partial charge on any atom is -0.478 e. The van der Waals surface area contributed by atoms with E-state index in [4.69, 9.17) is 5.11 Å². The molecular formula is C18H25N2O2+. The molecule has 0 spiro atoms. The lowest BCUT2D eigenvalue weighted by Gasteiger charge is -2.35. The first-order valence-electron chi connectivity index (χ1n) is 6.97. The molecule has 0 saturated carbocycles. The topological polar surface area (TPSA) is 50.2 Å². The second kappa shape index (κ2) is 11.2. The highest BCUT2D eigenvalue weighted by atomic mass is 16.4. The molecule has 22 heavy (non-hydrogen) atoms. The monoisotopic (exact) mass is 301 g/mol. The summed E-state index contributed by atoms with van der Waals surface area (Å²) < 4.78 is 0.903. The Labute approximate surface area is 133 Å². The van der Waals surface area contributed by atoms with Crippen molar-refractivity contribution in [1.82, 2.24) is 4.98 Å². The van der Waals surface area contributed by atoms with Crippen molar-refractivity contribution in [2.45, 2.75) is 0 Å². The van der Waals surface area contributed by atoms with Crippen molar-refractivity contribution >= 4 is 5.97 Å². The van der Waals surface area contributed by atoms with Gasteiger partial charge in [-0.05, 0) is 36.4 Å². The third kappa shape index (κ3) is 7.36. The molecular weight excluding hydrogens is 276 g/mol. The van der Waals surface area contributed by atoms with E-state index in [1.807, 2.05) is 24.3 Å².